The zero-order valence-corrected chi connectivity index (χ0v) is 14.0. The van der Waals surface area contributed by atoms with E-state index in [1.165, 1.54) is 5.56 Å². The second kappa shape index (κ2) is 11.5. The highest BCUT2D eigenvalue weighted by atomic mass is 35.5. The Morgan fingerprint density at radius 1 is 1.42 bits per heavy atom. The third-order valence-corrected chi connectivity index (χ3v) is 3.35. The quantitative estimate of drug-likeness (QED) is 0.804. The fourth-order valence-corrected chi connectivity index (χ4v) is 2.31. The highest BCUT2D eigenvalue weighted by Gasteiger charge is 2.15. The molecule has 1 heterocycles. The Hall–Kier alpha value is -0.330. The van der Waals surface area contributed by atoms with Gasteiger partial charge in [-0.25, -0.2) is 0 Å². The first kappa shape index (κ1) is 21.0. The van der Waals surface area contributed by atoms with Crippen LogP contribution in [0, 0.1) is 0 Å². The molecule has 0 saturated carbocycles. The number of amides is 1. The molecule has 19 heavy (non-hydrogen) atoms. The van der Waals surface area contributed by atoms with Crippen molar-refractivity contribution in [1.82, 2.24) is 15.5 Å². The van der Waals surface area contributed by atoms with E-state index < -0.39 is 0 Å². The topological polar surface area (TPSA) is 44.4 Å². The monoisotopic (exact) mass is 327 g/mol. The average Bonchev–Trinajstić information content (AvgIpc) is 2.79. The SMILES string of the molecule is CNCCC(=O)NCC(c1ccsc1)N(C)C.Cl.Cl. The van der Waals surface area contributed by atoms with Crippen LogP contribution in [0.2, 0.25) is 0 Å². The fourth-order valence-electron chi connectivity index (χ4n) is 1.60. The third-order valence-electron chi connectivity index (χ3n) is 2.65. The van der Waals surface area contributed by atoms with Gasteiger partial charge < -0.3 is 15.5 Å². The van der Waals surface area contributed by atoms with Gasteiger partial charge in [-0.3, -0.25) is 4.79 Å². The highest BCUT2D eigenvalue weighted by Crippen LogP contribution is 2.19. The zero-order chi connectivity index (χ0) is 12.7. The number of nitrogens with zero attached hydrogens (tertiary/aromatic N) is 1. The Balaban J connectivity index is 0. The Bertz CT molecular complexity index is 334. The van der Waals surface area contributed by atoms with Gasteiger partial charge in [-0.05, 0) is 43.5 Å². The molecule has 0 aliphatic heterocycles. The summed E-state index contributed by atoms with van der Waals surface area (Å²) in [5, 5.41) is 10.1. The Labute approximate surface area is 131 Å². The third kappa shape index (κ3) is 7.74. The maximum absolute atomic E-state index is 11.5. The van der Waals surface area contributed by atoms with E-state index in [-0.39, 0.29) is 36.8 Å². The highest BCUT2D eigenvalue weighted by molar-refractivity contribution is 7.07. The first-order valence-electron chi connectivity index (χ1n) is 5.75. The van der Waals surface area contributed by atoms with Crippen molar-refractivity contribution < 1.29 is 4.79 Å². The van der Waals surface area contributed by atoms with Crippen molar-refractivity contribution in [3.05, 3.63) is 22.4 Å². The summed E-state index contributed by atoms with van der Waals surface area (Å²) in [7, 11) is 5.91. The number of thiophene rings is 1. The predicted molar refractivity (Wildman–Crippen MR) is 86.8 cm³/mol. The summed E-state index contributed by atoms with van der Waals surface area (Å²) in [4.78, 5) is 13.7. The van der Waals surface area contributed by atoms with Crippen molar-refractivity contribution in [1.29, 1.82) is 0 Å². The predicted octanol–water partition coefficient (Wildman–Crippen LogP) is 1.92. The molecule has 1 aromatic rings. The standard InChI is InChI=1S/C12H21N3OS.2ClH/c1-13-6-4-12(16)14-8-11(15(2)3)10-5-7-17-9-10;;/h5,7,9,11,13H,4,6,8H2,1-3H3,(H,14,16);2*1H. The summed E-state index contributed by atoms with van der Waals surface area (Å²) < 4.78 is 0. The van der Waals surface area contributed by atoms with Gasteiger partial charge in [0.2, 0.25) is 5.91 Å². The van der Waals surface area contributed by atoms with Gasteiger partial charge in [-0.1, -0.05) is 0 Å². The summed E-state index contributed by atoms with van der Waals surface area (Å²) in [6, 6.07) is 2.36. The Morgan fingerprint density at radius 2 is 2.11 bits per heavy atom. The fraction of sp³-hybridized carbons (Fsp3) is 0.583. The van der Waals surface area contributed by atoms with Gasteiger partial charge in [0.1, 0.15) is 0 Å². The van der Waals surface area contributed by atoms with Crippen LogP contribution in [0.25, 0.3) is 0 Å². The molecule has 1 unspecified atom stereocenters. The van der Waals surface area contributed by atoms with E-state index in [2.05, 4.69) is 32.4 Å². The smallest absolute Gasteiger partial charge is 0.221 e. The van der Waals surface area contributed by atoms with Gasteiger partial charge in [0, 0.05) is 19.5 Å². The van der Waals surface area contributed by atoms with Gasteiger partial charge in [0.05, 0.1) is 6.04 Å². The van der Waals surface area contributed by atoms with Crippen LogP contribution >= 0.6 is 36.2 Å². The molecule has 2 N–H and O–H groups in total. The van der Waals surface area contributed by atoms with Gasteiger partial charge in [0.25, 0.3) is 0 Å². The summed E-state index contributed by atoms with van der Waals surface area (Å²) in [5.41, 5.74) is 1.26. The number of carbonyl (C=O) groups is 1. The lowest BCUT2D eigenvalue weighted by atomic mass is 10.1. The minimum atomic E-state index is 0. The maximum atomic E-state index is 11.5. The lowest BCUT2D eigenvalue weighted by Gasteiger charge is -2.24. The van der Waals surface area contributed by atoms with Gasteiger partial charge in [0.15, 0.2) is 0 Å². The second-order valence-electron chi connectivity index (χ2n) is 4.19. The molecule has 7 heteroatoms. The van der Waals surface area contributed by atoms with Crippen molar-refractivity contribution in [3.8, 4) is 0 Å². The summed E-state index contributed by atoms with van der Waals surface area (Å²) >= 11 is 1.68. The zero-order valence-electron chi connectivity index (χ0n) is 11.5. The molecule has 0 aromatic carbocycles. The molecule has 4 nitrogen and oxygen atoms in total. The molecule has 0 spiro atoms. The molecule has 0 saturated heterocycles. The van der Waals surface area contributed by atoms with Crippen molar-refractivity contribution in [2.24, 2.45) is 0 Å². The van der Waals surface area contributed by atoms with Crippen molar-refractivity contribution in [2.45, 2.75) is 12.5 Å². The van der Waals surface area contributed by atoms with E-state index in [9.17, 15) is 4.79 Å². The van der Waals surface area contributed by atoms with Gasteiger partial charge >= 0.3 is 0 Å². The molecule has 1 atom stereocenters. The van der Waals surface area contributed by atoms with Gasteiger partial charge in [-0.15, -0.1) is 24.8 Å². The van der Waals surface area contributed by atoms with Crippen LogP contribution in [-0.2, 0) is 4.79 Å². The lowest BCUT2D eigenvalue weighted by molar-refractivity contribution is -0.121. The number of hydrogen-bond donors (Lipinski definition) is 2. The van der Waals surface area contributed by atoms with Crippen molar-refractivity contribution in [2.75, 3.05) is 34.2 Å². The number of halogens is 2. The summed E-state index contributed by atoms with van der Waals surface area (Å²) in [5.74, 6) is 0.0985. The Kier molecular flexibility index (Phi) is 12.7. The minimum Gasteiger partial charge on any atom is -0.354 e. The van der Waals surface area contributed by atoms with E-state index in [4.69, 9.17) is 0 Å². The van der Waals surface area contributed by atoms with E-state index in [0.29, 0.717) is 13.0 Å². The van der Waals surface area contributed by atoms with E-state index in [0.717, 1.165) is 6.54 Å². The van der Waals surface area contributed by atoms with Crippen LogP contribution in [-0.4, -0.2) is 45.0 Å². The van der Waals surface area contributed by atoms with Crippen molar-refractivity contribution in [3.63, 3.8) is 0 Å². The van der Waals surface area contributed by atoms with Gasteiger partial charge in [-0.2, -0.15) is 11.3 Å². The number of nitrogens with one attached hydrogen (secondary N) is 2. The molecule has 1 amide bonds. The van der Waals surface area contributed by atoms with E-state index in [1.807, 2.05) is 21.1 Å². The summed E-state index contributed by atoms with van der Waals surface area (Å²) in [6.07, 6.45) is 0.528. The van der Waals surface area contributed by atoms with E-state index >= 15 is 0 Å². The largest absolute Gasteiger partial charge is 0.354 e. The molecule has 0 radical (unpaired) electrons. The van der Waals surface area contributed by atoms with E-state index in [1.54, 1.807) is 11.3 Å². The summed E-state index contributed by atoms with van der Waals surface area (Å²) in [6.45, 7) is 1.38. The molecule has 1 aromatic heterocycles. The molecule has 0 bridgehead atoms. The molecule has 1 rings (SSSR count). The van der Waals surface area contributed by atoms with Crippen LogP contribution in [0.15, 0.2) is 16.8 Å². The van der Waals surface area contributed by atoms with Crippen LogP contribution in [0.3, 0.4) is 0 Å². The molecule has 0 fully saturated rings. The van der Waals surface area contributed by atoms with Crippen LogP contribution < -0.4 is 10.6 Å². The molecular formula is C12H23Cl2N3OS. The first-order chi connectivity index (χ1) is 8.15. The average molecular weight is 328 g/mol. The number of carbonyl (C=O) groups excluding carboxylic acids is 1. The maximum Gasteiger partial charge on any atom is 0.221 e. The molecule has 0 aliphatic rings. The van der Waals surface area contributed by atoms with Crippen LogP contribution in [0.5, 0.6) is 0 Å². The van der Waals surface area contributed by atoms with Crippen LogP contribution in [0.1, 0.15) is 18.0 Å². The minimum absolute atomic E-state index is 0. The number of likely N-dealkylation sites (N-methyl/N-ethyl adjacent to an activating group) is 1. The number of hydrogen-bond acceptors (Lipinski definition) is 4. The molecule has 0 aliphatic carbocycles. The normalized spacial score (nSPS) is 11.4. The van der Waals surface area contributed by atoms with Crippen molar-refractivity contribution >= 4 is 42.1 Å². The Morgan fingerprint density at radius 3 is 2.58 bits per heavy atom. The first-order valence-corrected chi connectivity index (χ1v) is 6.69. The van der Waals surface area contributed by atoms with Crippen LogP contribution in [0.4, 0.5) is 0 Å². The second-order valence-corrected chi connectivity index (χ2v) is 4.97. The number of rotatable bonds is 7. The molecular weight excluding hydrogens is 305 g/mol. The molecule has 112 valence electrons. The lowest BCUT2D eigenvalue weighted by Crippen LogP contribution is -2.35.